The van der Waals surface area contributed by atoms with E-state index < -0.39 is 5.82 Å². The molecule has 0 spiro atoms. The van der Waals surface area contributed by atoms with Gasteiger partial charge in [-0.15, -0.1) is 0 Å². The summed E-state index contributed by atoms with van der Waals surface area (Å²) in [7, 11) is 0. The molecule has 0 amide bonds. The fourth-order valence-electron chi connectivity index (χ4n) is 1.72. The first kappa shape index (κ1) is 14.0. The summed E-state index contributed by atoms with van der Waals surface area (Å²) in [5.41, 5.74) is 2.14. The van der Waals surface area contributed by atoms with Gasteiger partial charge in [0, 0.05) is 17.8 Å². The van der Waals surface area contributed by atoms with Crippen molar-refractivity contribution in [3.8, 4) is 5.75 Å². The summed E-state index contributed by atoms with van der Waals surface area (Å²) < 4.78 is 13.3. The first-order valence-corrected chi connectivity index (χ1v) is 6.40. The van der Waals surface area contributed by atoms with Gasteiger partial charge in [0.15, 0.2) is 5.82 Å². The third-order valence-electron chi connectivity index (χ3n) is 2.79. The molecule has 0 fully saturated rings. The van der Waals surface area contributed by atoms with E-state index in [2.05, 4.69) is 5.32 Å². The van der Waals surface area contributed by atoms with Gasteiger partial charge in [-0.05, 0) is 24.6 Å². The van der Waals surface area contributed by atoms with Crippen LogP contribution < -0.4 is 5.32 Å². The van der Waals surface area contributed by atoms with Crippen LogP contribution in [0, 0.1) is 12.7 Å². The highest BCUT2D eigenvalue weighted by molar-refractivity contribution is 6.35. The van der Waals surface area contributed by atoms with E-state index in [1.807, 2.05) is 25.1 Å². The first-order valence-electron chi connectivity index (χ1n) is 5.65. The lowest BCUT2D eigenvalue weighted by atomic mass is 10.1. The maximum absolute atomic E-state index is 13.3. The summed E-state index contributed by atoms with van der Waals surface area (Å²) in [6.45, 7) is 2.22. The predicted octanol–water partition coefficient (Wildman–Crippen LogP) is 4.76. The number of phenols is 1. The van der Waals surface area contributed by atoms with Crippen LogP contribution in [0.5, 0.6) is 5.75 Å². The molecule has 0 unspecified atom stereocenters. The molecule has 0 saturated carbocycles. The van der Waals surface area contributed by atoms with Gasteiger partial charge in [-0.3, -0.25) is 0 Å². The molecule has 0 atom stereocenters. The zero-order valence-electron chi connectivity index (χ0n) is 10.2. The van der Waals surface area contributed by atoms with Gasteiger partial charge in [-0.1, -0.05) is 41.4 Å². The van der Waals surface area contributed by atoms with E-state index in [4.69, 9.17) is 23.2 Å². The number of rotatable bonds is 3. The van der Waals surface area contributed by atoms with Crippen molar-refractivity contribution in [1.29, 1.82) is 0 Å². The SMILES string of the molecule is Cc1cccc(CNc2cc(Cl)c(F)c(Cl)c2)c1O. The normalized spacial score (nSPS) is 10.5. The largest absolute Gasteiger partial charge is 0.507 e. The number of hydrogen-bond donors (Lipinski definition) is 2. The Kier molecular flexibility index (Phi) is 4.17. The average molecular weight is 300 g/mol. The van der Waals surface area contributed by atoms with Crippen LogP contribution in [0.3, 0.4) is 0 Å². The number of aromatic hydroxyl groups is 1. The second kappa shape index (κ2) is 5.68. The van der Waals surface area contributed by atoms with E-state index in [1.54, 1.807) is 0 Å². The Morgan fingerprint density at radius 1 is 1.21 bits per heavy atom. The van der Waals surface area contributed by atoms with Gasteiger partial charge in [0.05, 0.1) is 10.0 Å². The number of nitrogens with one attached hydrogen (secondary N) is 1. The molecule has 0 aliphatic heterocycles. The zero-order chi connectivity index (χ0) is 14.0. The quantitative estimate of drug-likeness (QED) is 0.801. The van der Waals surface area contributed by atoms with Crippen LogP contribution in [-0.4, -0.2) is 5.11 Å². The van der Waals surface area contributed by atoms with E-state index in [1.165, 1.54) is 12.1 Å². The Labute approximate surface area is 120 Å². The number of para-hydroxylation sites is 1. The number of phenolic OH excluding ortho intramolecular Hbond substituents is 1. The first-order chi connectivity index (χ1) is 8.99. The Bertz CT molecular complexity index is 593. The van der Waals surface area contributed by atoms with Gasteiger partial charge >= 0.3 is 0 Å². The standard InChI is InChI=1S/C14H12Cl2FNO/c1-8-3-2-4-9(14(8)19)7-18-10-5-11(15)13(17)12(16)6-10/h2-6,18-19H,7H2,1H3. The minimum absolute atomic E-state index is 0.0385. The molecule has 0 bridgehead atoms. The molecule has 0 aromatic heterocycles. The van der Waals surface area contributed by atoms with Crippen LogP contribution in [0.2, 0.25) is 10.0 Å². The topological polar surface area (TPSA) is 32.3 Å². The Balaban J connectivity index is 2.17. The number of benzene rings is 2. The molecule has 2 aromatic carbocycles. The van der Waals surface area contributed by atoms with Crippen molar-refractivity contribution in [2.75, 3.05) is 5.32 Å². The summed E-state index contributed by atoms with van der Waals surface area (Å²) in [5, 5.41) is 12.8. The van der Waals surface area contributed by atoms with E-state index in [9.17, 15) is 9.50 Å². The second-order valence-corrected chi connectivity index (χ2v) is 5.00. The fraction of sp³-hybridized carbons (Fsp3) is 0.143. The van der Waals surface area contributed by atoms with Gasteiger partial charge in [0.25, 0.3) is 0 Å². The molecule has 2 nitrogen and oxygen atoms in total. The monoisotopic (exact) mass is 299 g/mol. The Morgan fingerprint density at radius 2 is 1.84 bits per heavy atom. The third kappa shape index (κ3) is 3.11. The molecular weight excluding hydrogens is 288 g/mol. The number of hydrogen-bond acceptors (Lipinski definition) is 2. The van der Waals surface area contributed by atoms with Crippen molar-refractivity contribution in [1.82, 2.24) is 0 Å². The van der Waals surface area contributed by atoms with Crippen molar-refractivity contribution >= 4 is 28.9 Å². The van der Waals surface area contributed by atoms with Crippen molar-refractivity contribution in [3.05, 3.63) is 57.3 Å². The lowest BCUT2D eigenvalue weighted by Gasteiger charge is -2.10. The van der Waals surface area contributed by atoms with Gasteiger partial charge < -0.3 is 10.4 Å². The molecule has 0 heterocycles. The summed E-state index contributed by atoms with van der Waals surface area (Å²) >= 11 is 11.4. The maximum Gasteiger partial charge on any atom is 0.160 e. The van der Waals surface area contributed by atoms with E-state index in [0.29, 0.717) is 12.2 Å². The molecule has 19 heavy (non-hydrogen) atoms. The number of halogens is 3. The smallest absolute Gasteiger partial charge is 0.160 e. The molecule has 5 heteroatoms. The van der Waals surface area contributed by atoms with E-state index in [-0.39, 0.29) is 15.8 Å². The second-order valence-electron chi connectivity index (χ2n) is 4.19. The van der Waals surface area contributed by atoms with Crippen molar-refractivity contribution in [3.63, 3.8) is 0 Å². The summed E-state index contributed by atoms with van der Waals surface area (Å²) in [5.74, 6) is -0.387. The van der Waals surface area contributed by atoms with E-state index >= 15 is 0 Å². The van der Waals surface area contributed by atoms with Gasteiger partial charge in [0.1, 0.15) is 5.75 Å². The molecule has 2 aromatic rings. The van der Waals surface area contributed by atoms with Crippen molar-refractivity contribution in [2.45, 2.75) is 13.5 Å². The molecule has 2 rings (SSSR count). The van der Waals surface area contributed by atoms with Gasteiger partial charge in [-0.25, -0.2) is 4.39 Å². The highest BCUT2D eigenvalue weighted by Crippen LogP contribution is 2.28. The highest BCUT2D eigenvalue weighted by Gasteiger charge is 2.08. The minimum Gasteiger partial charge on any atom is -0.507 e. The highest BCUT2D eigenvalue weighted by atomic mass is 35.5. The molecule has 0 saturated heterocycles. The van der Waals surface area contributed by atoms with E-state index in [0.717, 1.165) is 11.1 Å². The van der Waals surface area contributed by atoms with Gasteiger partial charge in [-0.2, -0.15) is 0 Å². The Morgan fingerprint density at radius 3 is 2.47 bits per heavy atom. The number of anilines is 1. The lowest BCUT2D eigenvalue weighted by molar-refractivity contribution is 0.465. The van der Waals surface area contributed by atoms with Crippen LogP contribution in [0.1, 0.15) is 11.1 Å². The van der Waals surface area contributed by atoms with Gasteiger partial charge in [0.2, 0.25) is 0 Å². The molecule has 0 radical (unpaired) electrons. The summed E-state index contributed by atoms with van der Waals surface area (Å²) in [6, 6.07) is 8.40. The van der Waals surface area contributed by atoms with Crippen molar-refractivity contribution < 1.29 is 9.50 Å². The minimum atomic E-state index is -0.632. The predicted molar refractivity (Wildman–Crippen MR) is 76.6 cm³/mol. The molecule has 2 N–H and O–H groups in total. The molecular formula is C14H12Cl2FNO. The van der Waals surface area contributed by atoms with Crippen LogP contribution >= 0.6 is 23.2 Å². The maximum atomic E-state index is 13.3. The van der Waals surface area contributed by atoms with Crippen LogP contribution in [0.4, 0.5) is 10.1 Å². The Hall–Kier alpha value is -1.45. The number of aryl methyl sites for hydroxylation is 1. The fourth-order valence-corrected chi connectivity index (χ4v) is 2.20. The molecule has 0 aliphatic carbocycles. The summed E-state index contributed by atoms with van der Waals surface area (Å²) in [4.78, 5) is 0. The average Bonchev–Trinajstić information content (AvgIpc) is 2.37. The third-order valence-corrected chi connectivity index (χ3v) is 3.34. The van der Waals surface area contributed by atoms with Crippen LogP contribution in [0.25, 0.3) is 0 Å². The zero-order valence-corrected chi connectivity index (χ0v) is 11.7. The van der Waals surface area contributed by atoms with Crippen LogP contribution in [0.15, 0.2) is 30.3 Å². The lowest BCUT2D eigenvalue weighted by Crippen LogP contribution is -2.00. The summed E-state index contributed by atoms with van der Waals surface area (Å²) in [6.07, 6.45) is 0. The van der Waals surface area contributed by atoms with Crippen LogP contribution in [-0.2, 0) is 6.54 Å². The van der Waals surface area contributed by atoms with Crippen molar-refractivity contribution in [2.24, 2.45) is 0 Å². The molecule has 100 valence electrons. The molecule has 0 aliphatic rings.